The van der Waals surface area contributed by atoms with Gasteiger partial charge in [-0.15, -0.1) is 12.4 Å². The van der Waals surface area contributed by atoms with E-state index in [2.05, 4.69) is 40.8 Å². The zero-order valence-electron chi connectivity index (χ0n) is 18.2. The van der Waals surface area contributed by atoms with Crippen LogP contribution in [0.2, 0.25) is 0 Å². The first-order valence-electron chi connectivity index (χ1n) is 9.65. The lowest BCUT2D eigenvalue weighted by Gasteiger charge is -2.13. The predicted molar refractivity (Wildman–Crippen MR) is 119 cm³/mol. The number of pyridine rings is 1. The fourth-order valence-electron chi connectivity index (χ4n) is 3.39. The van der Waals surface area contributed by atoms with E-state index < -0.39 is 11.7 Å². The number of methoxy groups -OCH3 is 1. The van der Waals surface area contributed by atoms with Gasteiger partial charge in [-0.05, 0) is 12.1 Å². The van der Waals surface area contributed by atoms with E-state index in [1.54, 1.807) is 10.7 Å². The third kappa shape index (κ3) is 4.17. The molecule has 0 saturated carbocycles. The summed E-state index contributed by atoms with van der Waals surface area (Å²) in [6, 6.07) is 8.74. The van der Waals surface area contributed by atoms with Crippen molar-refractivity contribution in [3.05, 3.63) is 47.7 Å². The average molecular weight is 466 g/mol. The minimum absolute atomic E-state index is 0. The number of aryl methyl sites for hydroxylation is 1. The molecule has 3 heterocycles. The van der Waals surface area contributed by atoms with E-state index in [0.29, 0.717) is 17.1 Å². The van der Waals surface area contributed by atoms with Crippen LogP contribution in [-0.4, -0.2) is 31.8 Å². The summed E-state index contributed by atoms with van der Waals surface area (Å²) in [5, 5.41) is 4.55. The third-order valence-electron chi connectivity index (χ3n) is 5.04. The van der Waals surface area contributed by atoms with Crippen LogP contribution in [0.1, 0.15) is 32.0 Å². The SMILES string of the molecule is COc1cc(-c2ccccc2C(F)(F)F)nc2nc(-c3cc(C(C)(C)C)nn3C)[nH]c12.Cl. The topological polar surface area (TPSA) is 68.6 Å². The molecule has 10 heteroatoms. The Labute approximate surface area is 189 Å². The third-order valence-corrected chi connectivity index (χ3v) is 5.04. The van der Waals surface area contributed by atoms with Crippen molar-refractivity contribution in [2.75, 3.05) is 7.11 Å². The molecule has 0 spiro atoms. The maximum absolute atomic E-state index is 13.5. The van der Waals surface area contributed by atoms with Crippen molar-refractivity contribution in [2.24, 2.45) is 7.05 Å². The molecular formula is C22H23ClF3N5O. The number of hydrogen-bond acceptors (Lipinski definition) is 4. The quantitative estimate of drug-likeness (QED) is 0.417. The Bertz CT molecular complexity index is 1270. The normalized spacial score (nSPS) is 12.1. The van der Waals surface area contributed by atoms with Gasteiger partial charge in [0.15, 0.2) is 11.5 Å². The first-order valence-corrected chi connectivity index (χ1v) is 9.65. The Morgan fingerprint density at radius 2 is 1.72 bits per heavy atom. The number of nitrogens with zero attached hydrogens (tertiary/aromatic N) is 4. The maximum atomic E-state index is 13.5. The molecule has 0 fully saturated rings. The van der Waals surface area contributed by atoms with E-state index in [-0.39, 0.29) is 34.7 Å². The number of imidazole rings is 1. The molecule has 1 aromatic carbocycles. The highest BCUT2D eigenvalue weighted by Gasteiger charge is 2.34. The monoisotopic (exact) mass is 465 g/mol. The van der Waals surface area contributed by atoms with E-state index in [0.717, 1.165) is 17.5 Å². The van der Waals surface area contributed by atoms with E-state index in [4.69, 9.17) is 4.74 Å². The summed E-state index contributed by atoms with van der Waals surface area (Å²) >= 11 is 0. The Morgan fingerprint density at radius 3 is 2.31 bits per heavy atom. The van der Waals surface area contributed by atoms with Crippen LogP contribution < -0.4 is 4.74 Å². The van der Waals surface area contributed by atoms with Crippen LogP contribution in [0.25, 0.3) is 33.9 Å². The van der Waals surface area contributed by atoms with Gasteiger partial charge in [0.2, 0.25) is 0 Å². The number of nitrogens with one attached hydrogen (secondary N) is 1. The van der Waals surface area contributed by atoms with E-state index >= 15 is 0 Å². The maximum Gasteiger partial charge on any atom is 0.417 e. The van der Waals surface area contributed by atoms with Crippen LogP contribution in [0, 0.1) is 0 Å². The Morgan fingerprint density at radius 1 is 1.03 bits per heavy atom. The molecule has 0 radical (unpaired) electrons. The molecule has 1 N–H and O–H groups in total. The van der Waals surface area contributed by atoms with Gasteiger partial charge >= 0.3 is 6.18 Å². The summed E-state index contributed by atoms with van der Waals surface area (Å²) in [6.45, 7) is 6.19. The second kappa shape index (κ2) is 8.12. The lowest BCUT2D eigenvalue weighted by molar-refractivity contribution is -0.137. The fourth-order valence-corrected chi connectivity index (χ4v) is 3.39. The van der Waals surface area contributed by atoms with Gasteiger partial charge in [-0.2, -0.15) is 18.3 Å². The fraction of sp³-hybridized carbons (Fsp3) is 0.318. The molecule has 0 unspecified atom stereocenters. The molecule has 4 aromatic rings. The smallest absolute Gasteiger partial charge is 0.417 e. The largest absolute Gasteiger partial charge is 0.494 e. The summed E-state index contributed by atoms with van der Waals surface area (Å²) in [6.07, 6.45) is -4.50. The molecular weight excluding hydrogens is 443 g/mol. The zero-order valence-corrected chi connectivity index (χ0v) is 19.0. The standard InChI is InChI=1S/C22H22F3N5O.ClH/c1-21(2,3)17-11-15(30(4)29-17)19-27-18-16(31-5)10-14(26-20(18)28-19)12-8-6-7-9-13(12)22(23,24)25;/h6-11H,1-5H3,(H,26,27,28);1H. The van der Waals surface area contributed by atoms with Gasteiger partial charge in [0.05, 0.1) is 24.1 Å². The van der Waals surface area contributed by atoms with Gasteiger partial charge < -0.3 is 9.72 Å². The van der Waals surface area contributed by atoms with Crippen LogP contribution >= 0.6 is 12.4 Å². The molecule has 3 aromatic heterocycles. The second-order valence-corrected chi connectivity index (χ2v) is 8.33. The summed E-state index contributed by atoms with van der Waals surface area (Å²) in [5.41, 5.74) is 1.59. The molecule has 32 heavy (non-hydrogen) atoms. The van der Waals surface area contributed by atoms with Crippen LogP contribution in [0.15, 0.2) is 36.4 Å². The van der Waals surface area contributed by atoms with Crippen molar-refractivity contribution in [2.45, 2.75) is 32.4 Å². The van der Waals surface area contributed by atoms with E-state index in [1.807, 2.05) is 13.1 Å². The number of rotatable bonds is 3. The number of aromatic nitrogens is 5. The summed E-state index contributed by atoms with van der Waals surface area (Å²) in [5.74, 6) is 0.862. The van der Waals surface area contributed by atoms with Gasteiger partial charge in [-0.3, -0.25) is 4.68 Å². The number of halogens is 4. The van der Waals surface area contributed by atoms with Crippen molar-refractivity contribution in [1.29, 1.82) is 0 Å². The molecule has 0 saturated heterocycles. The molecule has 0 bridgehead atoms. The molecule has 170 valence electrons. The first kappa shape index (κ1) is 23.6. The number of benzene rings is 1. The molecule has 6 nitrogen and oxygen atoms in total. The molecule has 0 aliphatic heterocycles. The molecule has 4 rings (SSSR count). The van der Waals surface area contributed by atoms with Crippen molar-refractivity contribution in [3.63, 3.8) is 0 Å². The number of aromatic amines is 1. The Hall–Kier alpha value is -3.07. The van der Waals surface area contributed by atoms with Crippen LogP contribution in [0.3, 0.4) is 0 Å². The van der Waals surface area contributed by atoms with E-state index in [9.17, 15) is 13.2 Å². The van der Waals surface area contributed by atoms with Crippen molar-refractivity contribution in [3.8, 4) is 28.5 Å². The summed E-state index contributed by atoms with van der Waals surface area (Å²) in [7, 11) is 3.27. The molecule has 0 atom stereocenters. The lowest BCUT2D eigenvalue weighted by Crippen LogP contribution is -2.12. The number of hydrogen-bond donors (Lipinski definition) is 1. The molecule has 0 amide bonds. The molecule has 0 aliphatic carbocycles. The first-order chi connectivity index (χ1) is 14.5. The Kier molecular flexibility index (Phi) is 5.99. The van der Waals surface area contributed by atoms with E-state index in [1.165, 1.54) is 25.3 Å². The number of ether oxygens (including phenoxy) is 1. The highest BCUT2D eigenvalue weighted by atomic mass is 35.5. The van der Waals surface area contributed by atoms with Gasteiger partial charge in [0, 0.05) is 24.1 Å². The highest BCUT2D eigenvalue weighted by Crippen LogP contribution is 2.38. The summed E-state index contributed by atoms with van der Waals surface area (Å²) in [4.78, 5) is 12.1. The number of alkyl halides is 3. The number of H-pyrrole nitrogens is 1. The van der Waals surface area contributed by atoms with Crippen molar-refractivity contribution >= 4 is 23.6 Å². The minimum atomic E-state index is -4.50. The van der Waals surface area contributed by atoms with Gasteiger partial charge in [0.25, 0.3) is 0 Å². The van der Waals surface area contributed by atoms with Gasteiger partial charge in [-0.25, -0.2) is 9.97 Å². The zero-order chi connectivity index (χ0) is 22.6. The van der Waals surface area contributed by atoms with Crippen LogP contribution in [0.4, 0.5) is 13.2 Å². The summed E-state index contributed by atoms with van der Waals surface area (Å²) < 4.78 is 47.7. The van der Waals surface area contributed by atoms with Gasteiger partial charge in [0.1, 0.15) is 17.0 Å². The number of fused-ring (bicyclic) bond motifs is 1. The lowest BCUT2D eigenvalue weighted by atomic mass is 9.92. The molecule has 0 aliphatic rings. The Balaban J connectivity index is 0.00000289. The second-order valence-electron chi connectivity index (χ2n) is 8.33. The minimum Gasteiger partial charge on any atom is -0.494 e. The van der Waals surface area contributed by atoms with Crippen LogP contribution in [-0.2, 0) is 18.6 Å². The van der Waals surface area contributed by atoms with Crippen LogP contribution in [0.5, 0.6) is 5.75 Å². The highest BCUT2D eigenvalue weighted by molar-refractivity contribution is 5.86. The van der Waals surface area contributed by atoms with Crippen molar-refractivity contribution < 1.29 is 17.9 Å². The predicted octanol–water partition coefficient (Wildman–Crippen LogP) is 5.77. The van der Waals surface area contributed by atoms with Gasteiger partial charge in [-0.1, -0.05) is 39.0 Å². The van der Waals surface area contributed by atoms with Crippen molar-refractivity contribution in [1.82, 2.24) is 24.7 Å². The average Bonchev–Trinajstić information content (AvgIpc) is 3.29.